The second kappa shape index (κ2) is 7.80. The van der Waals surface area contributed by atoms with Crippen molar-refractivity contribution in [2.75, 3.05) is 31.5 Å². The van der Waals surface area contributed by atoms with Crippen molar-refractivity contribution in [1.82, 2.24) is 14.7 Å². The van der Waals surface area contributed by atoms with Gasteiger partial charge in [0.25, 0.3) is 5.56 Å². The van der Waals surface area contributed by atoms with Gasteiger partial charge in [-0.3, -0.25) is 4.79 Å². The number of hydrogen-bond donors (Lipinski definition) is 1. The van der Waals surface area contributed by atoms with Crippen LogP contribution in [-0.2, 0) is 6.54 Å². The van der Waals surface area contributed by atoms with Gasteiger partial charge >= 0.3 is 0 Å². The summed E-state index contributed by atoms with van der Waals surface area (Å²) in [5, 5.41) is 7.59. The molecule has 118 valence electrons. The average Bonchev–Trinajstić information content (AvgIpc) is 2.50. The van der Waals surface area contributed by atoms with Gasteiger partial charge in [0.15, 0.2) is 0 Å². The first-order valence-electron chi connectivity index (χ1n) is 7.83. The van der Waals surface area contributed by atoms with Crippen LogP contribution in [0.15, 0.2) is 11.0 Å². The molecule has 21 heavy (non-hydrogen) atoms. The van der Waals surface area contributed by atoms with E-state index >= 15 is 0 Å². The van der Waals surface area contributed by atoms with E-state index in [1.807, 2.05) is 6.92 Å². The third-order valence-corrected chi connectivity index (χ3v) is 4.31. The summed E-state index contributed by atoms with van der Waals surface area (Å²) in [6.45, 7) is 8.93. The third kappa shape index (κ3) is 4.45. The van der Waals surface area contributed by atoms with Crippen LogP contribution >= 0.6 is 11.6 Å². The zero-order valence-electron chi connectivity index (χ0n) is 12.9. The Kier molecular flexibility index (Phi) is 6.06. The van der Waals surface area contributed by atoms with Crippen molar-refractivity contribution >= 4 is 17.3 Å². The van der Waals surface area contributed by atoms with Gasteiger partial charge in [-0.25, -0.2) is 4.68 Å². The van der Waals surface area contributed by atoms with Gasteiger partial charge in [0.1, 0.15) is 5.02 Å². The van der Waals surface area contributed by atoms with E-state index in [4.69, 9.17) is 11.6 Å². The van der Waals surface area contributed by atoms with E-state index in [0.717, 1.165) is 13.1 Å². The van der Waals surface area contributed by atoms with Crippen LogP contribution < -0.4 is 10.9 Å². The lowest BCUT2D eigenvalue weighted by Gasteiger charge is -2.29. The largest absolute Gasteiger partial charge is 0.382 e. The molecule has 1 aliphatic rings. The molecule has 0 spiro atoms. The van der Waals surface area contributed by atoms with Crippen LogP contribution in [0.25, 0.3) is 0 Å². The van der Waals surface area contributed by atoms with Crippen LogP contribution in [0.2, 0.25) is 5.02 Å². The molecular formula is C15H25ClN4O. The van der Waals surface area contributed by atoms with E-state index in [2.05, 4.69) is 22.2 Å². The number of likely N-dealkylation sites (tertiary alicyclic amines) is 1. The number of hydrogen-bond acceptors (Lipinski definition) is 4. The summed E-state index contributed by atoms with van der Waals surface area (Å²) < 4.78 is 1.37. The fraction of sp³-hybridized carbons (Fsp3) is 0.733. The Balaban J connectivity index is 1.87. The highest BCUT2D eigenvalue weighted by Gasteiger charge is 2.14. The van der Waals surface area contributed by atoms with E-state index in [1.54, 1.807) is 6.20 Å². The summed E-state index contributed by atoms with van der Waals surface area (Å²) in [6.07, 6.45) is 5.62. The molecule has 0 bridgehead atoms. The van der Waals surface area contributed by atoms with E-state index in [1.165, 1.54) is 37.0 Å². The molecule has 6 heteroatoms. The maximum absolute atomic E-state index is 11.9. The van der Waals surface area contributed by atoms with Crippen molar-refractivity contribution in [2.24, 2.45) is 5.92 Å². The van der Waals surface area contributed by atoms with Crippen molar-refractivity contribution in [3.05, 3.63) is 21.6 Å². The fourth-order valence-electron chi connectivity index (χ4n) is 2.75. The smallest absolute Gasteiger partial charge is 0.287 e. The second-order valence-corrected chi connectivity index (χ2v) is 6.22. The van der Waals surface area contributed by atoms with Crippen LogP contribution in [0.5, 0.6) is 0 Å². The van der Waals surface area contributed by atoms with Crippen molar-refractivity contribution in [2.45, 2.75) is 39.7 Å². The van der Waals surface area contributed by atoms with Crippen LogP contribution in [0.4, 0.5) is 5.69 Å². The standard InChI is InChI=1S/C15H25ClN4O/c1-3-20-15(21)14(16)13(10-18-20)17-9-12(2)11-19-7-5-4-6-8-19/h10,12,17H,3-9,11H2,1-2H3. The lowest BCUT2D eigenvalue weighted by molar-refractivity contribution is 0.204. The van der Waals surface area contributed by atoms with Gasteiger partial charge in [-0.2, -0.15) is 5.10 Å². The molecule has 0 aromatic carbocycles. The molecule has 5 nitrogen and oxygen atoms in total. The Bertz CT molecular complexity index is 511. The van der Waals surface area contributed by atoms with Gasteiger partial charge in [-0.05, 0) is 38.8 Å². The highest BCUT2D eigenvalue weighted by molar-refractivity contribution is 6.32. The molecule has 0 radical (unpaired) electrons. The first kappa shape index (κ1) is 16.3. The molecule has 1 atom stereocenters. The molecule has 1 fully saturated rings. The van der Waals surface area contributed by atoms with Gasteiger partial charge in [-0.1, -0.05) is 24.9 Å². The zero-order valence-corrected chi connectivity index (χ0v) is 13.7. The molecule has 1 saturated heterocycles. The number of aromatic nitrogens is 2. The first-order valence-corrected chi connectivity index (χ1v) is 8.21. The number of piperidine rings is 1. The Hall–Kier alpha value is -1.07. The number of halogens is 1. The minimum absolute atomic E-state index is 0.229. The molecule has 0 aliphatic carbocycles. The molecule has 2 rings (SSSR count). The maximum atomic E-state index is 11.9. The summed E-state index contributed by atoms with van der Waals surface area (Å²) in [5.74, 6) is 0.507. The molecule has 1 N–H and O–H groups in total. The minimum atomic E-state index is -0.229. The number of anilines is 1. The lowest BCUT2D eigenvalue weighted by Crippen LogP contribution is -2.35. The molecule has 0 amide bonds. The fourth-order valence-corrected chi connectivity index (χ4v) is 2.96. The SMILES string of the molecule is CCn1ncc(NCC(C)CN2CCCCC2)c(Cl)c1=O. The summed E-state index contributed by atoms with van der Waals surface area (Å²) >= 11 is 6.11. The van der Waals surface area contributed by atoms with Gasteiger partial charge in [0.2, 0.25) is 0 Å². The van der Waals surface area contributed by atoms with Gasteiger partial charge in [0, 0.05) is 19.6 Å². The summed E-state index contributed by atoms with van der Waals surface area (Å²) in [7, 11) is 0. The predicted molar refractivity (Wildman–Crippen MR) is 87.1 cm³/mol. The normalized spacial score (nSPS) is 17.7. The Morgan fingerprint density at radius 2 is 2.10 bits per heavy atom. The zero-order chi connectivity index (χ0) is 15.2. The van der Waals surface area contributed by atoms with E-state index in [9.17, 15) is 4.79 Å². The van der Waals surface area contributed by atoms with E-state index in [-0.39, 0.29) is 10.6 Å². The van der Waals surface area contributed by atoms with Crippen LogP contribution in [-0.4, -0.2) is 40.9 Å². The van der Waals surface area contributed by atoms with Gasteiger partial charge in [0.05, 0.1) is 11.9 Å². The second-order valence-electron chi connectivity index (χ2n) is 5.84. The van der Waals surface area contributed by atoms with Crippen molar-refractivity contribution in [3.8, 4) is 0 Å². The quantitative estimate of drug-likeness (QED) is 0.876. The van der Waals surface area contributed by atoms with E-state index in [0.29, 0.717) is 18.2 Å². The number of nitrogens with zero attached hydrogens (tertiary/aromatic N) is 3. The summed E-state index contributed by atoms with van der Waals surface area (Å²) in [5.41, 5.74) is 0.407. The van der Waals surface area contributed by atoms with Crippen molar-refractivity contribution in [1.29, 1.82) is 0 Å². The maximum Gasteiger partial charge on any atom is 0.287 e. The first-order chi connectivity index (χ1) is 10.1. The van der Waals surface area contributed by atoms with Crippen LogP contribution in [0.3, 0.4) is 0 Å². The molecule has 1 unspecified atom stereocenters. The summed E-state index contributed by atoms with van der Waals surface area (Å²) in [6, 6.07) is 0. The molecule has 1 aliphatic heterocycles. The molecule has 2 heterocycles. The number of aryl methyl sites for hydroxylation is 1. The molecular weight excluding hydrogens is 288 g/mol. The van der Waals surface area contributed by atoms with Gasteiger partial charge < -0.3 is 10.2 Å². The average molecular weight is 313 g/mol. The van der Waals surface area contributed by atoms with Gasteiger partial charge in [-0.15, -0.1) is 0 Å². The minimum Gasteiger partial charge on any atom is -0.382 e. The molecule has 0 saturated carbocycles. The van der Waals surface area contributed by atoms with Crippen LogP contribution in [0.1, 0.15) is 33.1 Å². The third-order valence-electron chi connectivity index (χ3n) is 3.94. The highest BCUT2D eigenvalue weighted by atomic mass is 35.5. The topological polar surface area (TPSA) is 50.2 Å². The predicted octanol–water partition coefficient (Wildman–Crippen LogP) is 2.45. The Labute approximate surface area is 131 Å². The van der Waals surface area contributed by atoms with Crippen LogP contribution in [0, 0.1) is 5.92 Å². The van der Waals surface area contributed by atoms with E-state index < -0.39 is 0 Å². The summed E-state index contributed by atoms with van der Waals surface area (Å²) in [4.78, 5) is 14.4. The number of nitrogens with one attached hydrogen (secondary N) is 1. The highest BCUT2D eigenvalue weighted by Crippen LogP contribution is 2.16. The number of rotatable bonds is 6. The van der Waals surface area contributed by atoms with Crippen molar-refractivity contribution in [3.63, 3.8) is 0 Å². The Morgan fingerprint density at radius 1 is 1.38 bits per heavy atom. The van der Waals surface area contributed by atoms with Crippen molar-refractivity contribution < 1.29 is 0 Å². The Morgan fingerprint density at radius 3 is 2.76 bits per heavy atom. The monoisotopic (exact) mass is 312 g/mol. The molecule has 1 aromatic rings. The lowest BCUT2D eigenvalue weighted by atomic mass is 10.1. The molecule has 1 aromatic heterocycles.